The summed E-state index contributed by atoms with van der Waals surface area (Å²) in [6.07, 6.45) is 1.22. The lowest BCUT2D eigenvalue weighted by Crippen LogP contribution is -2.08. The number of aliphatic imine (C=N–C) groups is 1. The SMILES string of the molecule is CN(C)c1ccc(SC2=NCCCS2)cc1. The molecule has 0 radical (unpaired) electrons. The Morgan fingerprint density at radius 3 is 2.56 bits per heavy atom. The molecular weight excluding hydrogens is 236 g/mol. The Labute approximate surface area is 106 Å². The van der Waals surface area contributed by atoms with Gasteiger partial charge < -0.3 is 4.90 Å². The van der Waals surface area contributed by atoms with Crippen LogP contribution in [0.25, 0.3) is 0 Å². The van der Waals surface area contributed by atoms with Crippen LogP contribution < -0.4 is 4.90 Å². The van der Waals surface area contributed by atoms with Gasteiger partial charge in [-0.2, -0.15) is 0 Å². The minimum absolute atomic E-state index is 0.991. The van der Waals surface area contributed by atoms with Gasteiger partial charge in [-0.15, -0.1) is 0 Å². The predicted octanol–water partition coefficient (Wildman–Crippen LogP) is 3.34. The molecule has 0 spiro atoms. The zero-order chi connectivity index (χ0) is 11.4. The number of hydrogen-bond acceptors (Lipinski definition) is 4. The molecule has 1 aliphatic heterocycles. The molecule has 0 fully saturated rings. The first kappa shape index (κ1) is 11.9. The molecule has 0 aromatic heterocycles. The molecule has 1 aromatic carbocycles. The van der Waals surface area contributed by atoms with Crippen molar-refractivity contribution in [1.82, 2.24) is 0 Å². The van der Waals surface area contributed by atoms with Crippen LogP contribution in [0.15, 0.2) is 34.2 Å². The van der Waals surface area contributed by atoms with E-state index in [-0.39, 0.29) is 0 Å². The highest BCUT2D eigenvalue weighted by molar-refractivity contribution is 8.38. The third-order valence-corrected chi connectivity index (χ3v) is 4.61. The van der Waals surface area contributed by atoms with Crippen LogP contribution in [0.2, 0.25) is 0 Å². The van der Waals surface area contributed by atoms with E-state index in [9.17, 15) is 0 Å². The third kappa shape index (κ3) is 3.19. The Kier molecular flexibility index (Phi) is 4.18. The van der Waals surface area contributed by atoms with Crippen molar-refractivity contribution in [3.05, 3.63) is 24.3 Å². The number of benzene rings is 1. The second-order valence-electron chi connectivity index (χ2n) is 3.84. The molecule has 4 heteroatoms. The molecule has 0 bridgehead atoms. The minimum atomic E-state index is 0.991. The van der Waals surface area contributed by atoms with Crippen LogP contribution in [-0.2, 0) is 0 Å². The van der Waals surface area contributed by atoms with E-state index in [1.165, 1.54) is 27.1 Å². The predicted molar refractivity (Wildman–Crippen MR) is 76.0 cm³/mol. The zero-order valence-electron chi connectivity index (χ0n) is 9.64. The highest BCUT2D eigenvalue weighted by Crippen LogP contribution is 2.29. The van der Waals surface area contributed by atoms with E-state index in [1.807, 2.05) is 11.8 Å². The summed E-state index contributed by atoms with van der Waals surface area (Å²) in [4.78, 5) is 7.90. The molecule has 0 saturated heterocycles. The fraction of sp³-hybridized carbons (Fsp3) is 0.417. The summed E-state index contributed by atoms with van der Waals surface area (Å²) >= 11 is 3.65. The van der Waals surface area contributed by atoms with Crippen molar-refractivity contribution in [1.29, 1.82) is 0 Å². The second-order valence-corrected chi connectivity index (χ2v) is 6.24. The quantitative estimate of drug-likeness (QED) is 0.803. The number of nitrogens with zero attached hydrogens (tertiary/aromatic N) is 2. The lowest BCUT2D eigenvalue weighted by molar-refractivity contribution is 0.942. The Morgan fingerprint density at radius 2 is 2.00 bits per heavy atom. The van der Waals surface area contributed by atoms with E-state index >= 15 is 0 Å². The summed E-state index contributed by atoms with van der Waals surface area (Å²) in [5.74, 6) is 1.21. The van der Waals surface area contributed by atoms with Crippen molar-refractivity contribution >= 4 is 33.6 Å². The van der Waals surface area contributed by atoms with Gasteiger partial charge in [0.25, 0.3) is 0 Å². The van der Waals surface area contributed by atoms with Crippen molar-refractivity contribution in [3.8, 4) is 0 Å². The first-order chi connectivity index (χ1) is 7.75. The highest BCUT2D eigenvalue weighted by Gasteiger charge is 2.07. The fourth-order valence-electron chi connectivity index (χ4n) is 1.41. The fourth-order valence-corrected chi connectivity index (χ4v) is 3.45. The normalized spacial score (nSPS) is 15.8. The summed E-state index contributed by atoms with van der Waals surface area (Å²) < 4.78 is 1.21. The molecule has 16 heavy (non-hydrogen) atoms. The summed E-state index contributed by atoms with van der Waals surface area (Å²) in [6, 6.07) is 8.63. The number of thioether (sulfide) groups is 2. The third-order valence-electron chi connectivity index (χ3n) is 2.33. The van der Waals surface area contributed by atoms with Gasteiger partial charge in [0.2, 0.25) is 0 Å². The molecule has 2 rings (SSSR count). The first-order valence-electron chi connectivity index (χ1n) is 5.38. The number of anilines is 1. The maximum Gasteiger partial charge on any atom is 0.129 e. The molecule has 1 aliphatic rings. The van der Waals surface area contributed by atoms with Gasteiger partial charge in [-0.1, -0.05) is 23.5 Å². The minimum Gasteiger partial charge on any atom is -0.378 e. The average Bonchev–Trinajstić information content (AvgIpc) is 2.31. The van der Waals surface area contributed by atoms with Gasteiger partial charge in [-0.3, -0.25) is 4.99 Å². The van der Waals surface area contributed by atoms with Crippen LogP contribution >= 0.6 is 23.5 Å². The van der Waals surface area contributed by atoms with E-state index in [4.69, 9.17) is 0 Å². The van der Waals surface area contributed by atoms with E-state index in [2.05, 4.69) is 48.3 Å². The molecule has 0 aliphatic carbocycles. The molecule has 0 saturated carbocycles. The Bertz CT molecular complexity index is 371. The van der Waals surface area contributed by atoms with Crippen LogP contribution in [0, 0.1) is 0 Å². The van der Waals surface area contributed by atoms with Gasteiger partial charge in [0.05, 0.1) is 0 Å². The molecule has 1 heterocycles. The van der Waals surface area contributed by atoms with Crippen molar-refractivity contribution < 1.29 is 0 Å². The molecule has 0 atom stereocenters. The Morgan fingerprint density at radius 1 is 1.25 bits per heavy atom. The smallest absolute Gasteiger partial charge is 0.129 e. The van der Waals surface area contributed by atoms with Crippen LogP contribution in [-0.4, -0.2) is 30.8 Å². The van der Waals surface area contributed by atoms with Crippen molar-refractivity contribution in [2.75, 3.05) is 31.3 Å². The van der Waals surface area contributed by atoms with Gasteiger partial charge in [-0.25, -0.2) is 0 Å². The van der Waals surface area contributed by atoms with Crippen molar-refractivity contribution in [2.45, 2.75) is 11.3 Å². The Balaban J connectivity index is 2.02. The standard InChI is InChI=1S/C12H16N2S2/c1-14(2)10-4-6-11(7-5-10)16-12-13-8-3-9-15-12/h4-7H,3,8-9H2,1-2H3. The first-order valence-corrected chi connectivity index (χ1v) is 7.18. The molecular formula is C12H16N2S2. The lowest BCUT2D eigenvalue weighted by atomic mass is 10.3. The lowest BCUT2D eigenvalue weighted by Gasteiger charge is -2.13. The van der Waals surface area contributed by atoms with Crippen LogP contribution in [0.4, 0.5) is 5.69 Å². The van der Waals surface area contributed by atoms with Crippen molar-refractivity contribution in [2.24, 2.45) is 4.99 Å². The highest BCUT2D eigenvalue weighted by atomic mass is 32.2. The van der Waals surface area contributed by atoms with E-state index in [0.717, 1.165) is 6.54 Å². The molecule has 1 aromatic rings. The monoisotopic (exact) mass is 252 g/mol. The zero-order valence-corrected chi connectivity index (χ0v) is 11.3. The maximum absolute atomic E-state index is 4.51. The van der Waals surface area contributed by atoms with Gasteiger partial charge in [0.1, 0.15) is 4.38 Å². The maximum atomic E-state index is 4.51. The number of rotatable bonds is 2. The van der Waals surface area contributed by atoms with Crippen LogP contribution in [0.1, 0.15) is 6.42 Å². The van der Waals surface area contributed by atoms with Crippen molar-refractivity contribution in [3.63, 3.8) is 0 Å². The van der Waals surface area contributed by atoms with E-state index < -0.39 is 0 Å². The topological polar surface area (TPSA) is 15.6 Å². The Hall–Kier alpha value is -0.610. The number of hydrogen-bond donors (Lipinski definition) is 0. The van der Waals surface area contributed by atoms with E-state index in [0.29, 0.717) is 0 Å². The summed E-state index contributed by atoms with van der Waals surface area (Å²) in [6.45, 7) is 0.991. The van der Waals surface area contributed by atoms with Crippen LogP contribution in [0.5, 0.6) is 0 Å². The molecule has 0 N–H and O–H groups in total. The van der Waals surface area contributed by atoms with Crippen LogP contribution in [0.3, 0.4) is 0 Å². The van der Waals surface area contributed by atoms with E-state index in [1.54, 1.807) is 11.8 Å². The molecule has 86 valence electrons. The van der Waals surface area contributed by atoms with Gasteiger partial charge in [-0.05, 0) is 30.7 Å². The molecule has 0 unspecified atom stereocenters. The summed E-state index contributed by atoms with van der Waals surface area (Å²) in [7, 11) is 4.12. The van der Waals surface area contributed by atoms with Gasteiger partial charge in [0.15, 0.2) is 0 Å². The summed E-state index contributed by atoms with van der Waals surface area (Å²) in [5, 5.41) is 0. The largest absolute Gasteiger partial charge is 0.378 e. The van der Waals surface area contributed by atoms with Gasteiger partial charge >= 0.3 is 0 Å². The second kappa shape index (κ2) is 5.64. The average molecular weight is 252 g/mol. The molecule has 0 amide bonds. The summed E-state index contributed by atoms with van der Waals surface area (Å²) in [5.41, 5.74) is 1.24. The molecule has 2 nitrogen and oxygen atoms in total. The van der Waals surface area contributed by atoms with Gasteiger partial charge in [0, 0.05) is 37.0 Å².